The van der Waals surface area contributed by atoms with E-state index in [2.05, 4.69) is 0 Å². The van der Waals surface area contributed by atoms with Gasteiger partial charge in [0.25, 0.3) is 0 Å². The Morgan fingerprint density at radius 2 is 1.48 bits per heavy atom. The van der Waals surface area contributed by atoms with Gasteiger partial charge in [-0.3, -0.25) is 29.0 Å². The molecule has 3 unspecified atom stereocenters. The van der Waals surface area contributed by atoms with Crippen LogP contribution in [-0.2, 0) is 19.2 Å². The first-order chi connectivity index (χ1) is 12.9. The molecule has 0 spiro atoms. The number of hydrogen-bond donors (Lipinski definition) is 0. The number of nitrogens with zero attached hydrogens (tertiary/aromatic N) is 4. The lowest BCUT2D eigenvalue weighted by Gasteiger charge is -2.26. The molecule has 0 aromatic heterocycles. The second-order valence-electron chi connectivity index (χ2n) is 6.24. The summed E-state index contributed by atoms with van der Waals surface area (Å²) >= 11 is 2.57. The SMILES string of the molecule is CC(CN1C(=O)CC(SCCC#N)C1=O)N1C(=O)CC(SCCC#N)C1=O. The molecular weight excluding hydrogens is 388 g/mol. The summed E-state index contributed by atoms with van der Waals surface area (Å²) in [6, 6.07) is 3.40. The molecule has 2 saturated heterocycles. The molecule has 3 atom stereocenters. The smallest absolute Gasteiger partial charge is 0.243 e. The molecule has 0 radical (unpaired) electrons. The summed E-state index contributed by atoms with van der Waals surface area (Å²) in [5, 5.41) is 16.2. The first-order valence-corrected chi connectivity index (χ1v) is 10.7. The van der Waals surface area contributed by atoms with Crippen molar-refractivity contribution in [1.29, 1.82) is 10.5 Å². The van der Waals surface area contributed by atoms with Crippen LogP contribution in [-0.4, -0.2) is 68.0 Å². The highest BCUT2D eigenvalue weighted by molar-refractivity contribution is 8.00. The molecule has 0 aromatic rings. The Bertz CT molecular complexity index is 715. The number of carbonyl (C=O) groups excluding carboxylic acids is 4. The number of carbonyl (C=O) groups is 4. The standard InChI is InChI=1S/C17H20N4O4S2/c1-11(21-15(23)9-13(17(21)25)27-7-3-5-19)10-20-14(22)8-12(16(20)24)26-6-2-4-18/h11-13H,2-3,6-10H2,1H3. The van der Waals surface area contributed by atoms with E-state index in [0.29, 0.717) is 24.3 Å². The van der Waals surface area contributed by atoms with E-state index in [9.17, 15) is 19.2 Å². The van der Waals surface area contributed by atoms with Crippen molar-refractivity contribution in [3.63, 3.8) is 0 Å². The van der Waals surface area contributed by atoms with Crippen molar-refractivity contribution in [2.45, 2.75) is 49.1 Å². The Balaban J connectivity index is 1.95. The molecule has 10 heteroatoms. The maximum absolute atomic E-state index is 12.5. The molecule has 2 fully saturated rings. The average molecular weight is 409 g/mol. The molecule has 2 aliphatic rings. The van der Waals surface area contributed by atoms with Crippen LogP contribution < -0.4 is 0 Å². The molecule has 4 amide bonds. The lowest BCUT2D eigenvalue weighted by molar-refractivity contribution is -0.146. The van der Waals surface area contributed by atoms with Gasteiger partial charge >= 0.3 is 0 Å². The van der Waals surface area contributed by atoms with Crippen LogP contribution in [0.25, 0.3) is 0 Å². The van der Waals surface area contributed by atoms with Gasteiger partial charge < -0.3 is 0 Å². The van der Waals surface area contributed by atoms with Gasteiger partial charge in [0.15, 0.2) is 0 Å². The number of imide groups is 2. The number of likely N-dealkylation sites (tertiary alicyclic amines) is 2. The first-order valence-electron chi connectivity index (χ1n) is 8.57. The molecule has 0 aromatic carbocycles. The van der Waals surface area contributed by atoms with Crippen LogP contribution in [0.4, 0.5) is 0 Å². The van der Waals surface area contributed by atoms with Crippen molar-refractivity contribution < 1.29 is 19.2 Å². The zero-order chi connectivity index (χ0) is 20.0. The minimum atomic E-state index is -0.595. The molecule has 2 rings (SSSR count). The monoisotopic (exact) mass is 408 g/mol. The van der Waals surface area contributed by atoms with E-state index < -0.39 is 16.5 Å². The molecule has 0 N–H and O–H groups in total. The second kappa shape index (κ2) is 9.77. The summed E-state index contributed by atoms with van der Waals surface area (Å²) in [5.74, 6) is -0.328. The molecule has 0 saturated carbocycles. The predicted molar refractivity (Wildman–Crippen MR) is 100 cm³/mol. The lowest BCUT2D eigenvalue weighted by atomic mass is 10.2. The van der Waals surface area contributed by atoms with E-state index in [1.165, 1.54) is 23.5 Å². The molecule has 144 valence electrons. The topological polar surface area (TPSA) is 122 Å². The third-order valence-electron chi connectivity index (χ3n) is 4.30. The zero-order valence-corrected chi connectivity index (χ0v) is 16.6. The summed E-state index contributed by atoms with van der Waals surface area (Å²) in [5.41, 5.74) is 0. The summed E-state index contributed by atoms with van der Waals surface area (Å²) < 4.78 is 0. The molecule has 27 heavy (non-hydrogen) atoms. The summed E-state index contributed by atoms with van der Waals surface area (Å²) in [7, 11) is 0. The Kier molecular flexibility index (Phi) is 7.69. The fraction of sp³-hybridized carbons (Fsp3) is 0.647. The van der Waals surface area contributed by atoms with Gasteiger partial charge in [-0.2, -0.15) is 10.5 Å². The van der Waals surface area contributed by atoms with E-state index in [-0.39, 0.29) is 43.0 Å². The highest BCUT2D eigenvalue weighted by Crippen LogP contribution is 2.29. The van der Waals surface area contributed by atoms with Gasteiger partial charge in [0, 0.05) is 43.7 Å². The average Bonchev–Trinajstić information content (AvgIpc) is 3.05. The van der Waals surface area contributed by atoms with Crippen LogP contribution in [0.15, 0.2) is 0 Å². The van der Waals surface area contributed by atoms with Crippen LogP contribution in [0.1, 0.15) is 32.6 Å². The van der Waals surface area contributed by atoms with Crippen molar-refractivity contribution in [2.75, 3.05) is 18.1 Å². The van der Waals surface area contributed by atoms with Crippen LogP contribution in [0.5, 0.6) is 0 Å². The zero-order valence-electron chi connectivity index (χ0n) is 14.9. The normalized spacial score (nSPS) is 23.7. The van der Waals surface area contributed by atoms with Crippen LogP contribution in [0.3, 0.4) is 0 Å². The van der Waals surface area contributed by atoms with E-state index in [0.717, 1.165) is 9.80 Å². The van der Waals surface area contributed by atoms with Gasteiger partial charge in [-0.1, -0.05) is 0 Å². The van der Waals surface area contributed by atoms with Gasteiger partial charge in [0.05, 0.1) is 28.7 Å². The van der Waals surface area contributed by atoms with Gasteiger partial charge in [-0.15, -0.1) is 23.5 Å². The van der Waals surface area contributed by atoms with E-state index >= 15 is 0 Å². The largest absolute Gasteiger partial charge is 0.280 e. The molecule has 2 heterocycles. The van der Waals surface area contributed by atoms with Crippen LogP contribution in [0.2, 0.25) is 0 Å². The molecule has 2 aliphatic heterocycles. The minimum absolute atomic E-state index is 0.0139. The van der Waals surface area contributed by atoms with E-state index in [4.69, 9.17) is 10.5 Å². The van der Waals surface area contributed by atoms with Crippen molar-refractivity contribution in [1.82, 2.24) is 9.80 Å². The Morgan fingerprint density at radius 3 is 2.04 bits per heavy atom. The quantitative estimate of drug-likeness (QED) is 0.408. The first kappa shape index (κ1) is 21.3. The Hall–Kier alpha value is -2.04. The number of amides is 4. The summed E-state index contributed by atoms with van der Waals surface area (Å²) in [6.07, 6.45) is 0.768. The van der Waals surface area contributed by atoms with E-state index in [1.54, 1.807) is 6.92 Å². The molecular formula is C17H20N4O4S2. The highest BCUT2D eigenvalue weighted by Gasteiger charge is 2.44. The fourth-order valence-electron chi connectivity index (χ4n) is 3.03. The third kappa shape index (κ3) is 5.02. The van der Waals surface area contributed by atoms with Crippen LogP contribution >= 0.6 is 23.5 Å². The maximum atomic E-state index is 12.5. The van der Waals surface area contributed by atoms with Crippen LogP contribution in [0, 0.1) is 22.7 Å². The van der Waals surface area contributed by atoms with Crippen molar-refractivity contribution in [3.05, 3.63) is 0 Å². The van der Waals surface area contributed by atoms with Crippen molar-refractivity contribution >= 4 is 47.2 Å². The minimum Gasteiger partial charge on any atom is -0.280 e. The highest BCUT2D eigenvalue weighted by atomic mass is 32.2. The Labute approximate surface area is 166 Å². The number of rotatable bonds is 9. The van der Waals surface area contributed by atoms with Gasteiger partial charge in [-0.05, 0) is 6.92 Å². The number of thioether (sulfide) groups is 2. The van der Waals surface area contributed by atoms with E-state index in [1.807, 2.05) is 12.1 Å². The van der Waals surface area contributed by atoms with Crippen molar-refractivity contribution in [2.24, 2.45) is 0 Å². The maximum Gasteiger partial charge on any atom is 0.243 e. The van der Waals surface area contributed by atoms with Gasteiger partial charge in [0.1, 0.15) is 0 Å². The molecule has 0 bridgehead atoms. The fourth-order valence-corrected chi connectivity index (χ4v) is 5.06. The number of hydrogen-bond acceptors (Lipinski definition) is 8. The van der Waals surface area contributed by atoms with Gasteiger partial charge in [-0.25, -0.2) is 0 Å². The van der Waals surface area contributed by atoms with Crippen molar-refractivity contribution in [3.8, 4) is 12.1 Å². The molecule has 0 aliphatic carbocycles. The second-order valence-corrected chi connectivity index (χ2v) is 8.86. The molecule has 8 nitrogen and oxygen atoms in total. The van der Waals surface area contributed by atoms with Gasteiger partial charge in [0.2, 0.25) is 23.6 Å². The Morgan fingerprint density at radius 1 is 0.963 bits per heavy atom. The number of nitriles is 2. The lowest BCUT2D eigenvalue weighted by Crippen LogP contribution is -2.47. The summed E-state index contributed by atoms with van der Waals surface area (Å²) in [6.45, 7) is 1.63. The summed E-state index contributed by atoms with van der Waals surface area (Å²) in [4.78, 5) is 51.6. The predicted octanol–water partition coefficient (Wildman–Crippen LogP) is 0.924. The third-order valence-corrected chi connectivity index (χ3v) is 6.72.